The molecule has 1 unspecified atom stereocenters. The summed E-state index contributed by atoms with van der Waals surface area (Å²) in [6.07, 6.45) is 1.16. The van der Waals surface area contributed by atoms with Gasteiger partial charge in [0.05, 0.1) is 5.69 Å². The third-order valence-corrected chi connectivity index (χ3v) is 3.69. The summed E-state index contributed by atoms with van der Waals surface area (Å²) in [6.45, 7) is 13.0. The normalized spacial score (nSPS) is 13.1. The van der Waals surface area contributed by atoms with E-state index in [9.17, 15) is 0 Å². The maximum Gasteiger partial charge on any atom is 0.185 e. The van der Waals surface area contributed by atoms with Gasteiger partial charge in [-0.2, -0.15) is 0 Å². The summed E-state index contributed by atoms with van der Waals surface area (Å²) in [4.78, 5) is 7.13. The van der Waals surface area contributed by atoms with Gasteiger partial charge in [0.15, 0.2) is 5.13 Å². The van der Waals surface area contributed by atoms with Crippen molar-refractivity contribution in [2.45, 2.75) is 53.1 Å². The van der Waals surface area contributed by atoms with E-state index < -0.39 is 0 Å². The van der Waals surface area contributed by atoms with Crippen LogP contribution in [-0.2, 0) is 0 Å². The quantitative estimate of drug-likeness (QED) is 0.809. The molecule has 0 aliphatic heterocycles. The third kappa shape index (κ3) is 3.96. The molecule has 0 amide bonds. The largest absolute Gasteiger partial charge is 0.346 e. The van der Waals surface area contributed by atoms with Gasteiger partial charge in [0.1, 0.15) is 0 Å². The van der Waals surface area contributed by atoms with E-state index in [2.05, 4.69) is 50.2 Å². The average Bonchev–Trinajstić information content (AvgIpc) is 2.74. The molecule has 0 spiro atoms. The summed E-state index contributed by atoms with van der Waals surface area (Å²) in [5.41, 5.74) is 1.16. The van der Waals surface area contributed by atoms with E-state index in [-0.39, 0.29) is 0 Å². The molecule has 0 radical (unpaired) electrons. The van der Waals surface area contributed by atoms with Crippen molar-refractivity contribution in [2.75, 3.05) is 18.0 Å². The van der Waals surface area contributed by atoms with Crippen LogP contribution in [0, 0.1) is 0 Å². The fourth-order valence-electron chi connectivity index (χ4n) is 1.83. The van der Waals surface area contributed by atoms with Crippen molar-refractivity contribution in [2.24, 2.45) is 0 Å². The van der Waals surface area contributed by atoms with E-state index in [1.165, 1.54) is 0 Å². The predicted molar refractivity (Wildman–Crippen MR) is 77.0 cm³/mol. The predicted octanol–water partition coefficient (Wildman–Crippen LogP) is 3.44. The van der Waals surface area contributed by atoms with E-state index >= 15 is 0 Å². The number of hydrogen-bond donors (Lipinski definition) is 1. The highest BCUT2D eigenvalue weighted by Crippen LogP contribution is 2.25. The van der Waals surface area contributed by atoms with Gasteiger partial charge in [-0.1, -0.05) is 13.8 Å². The van der Waals surface area contributed by atoms with Gasteiger partial charge >= 0.3 is 0 Å². The summed E-state index contributed by atoms with van der Waals surface area (Å²) in [5.74, 6) is 0. The molecule has 1 aromatic rings. The number of rotatable bonds is 7. The van der Waals surface area contributed by atoms with Crippen molar-refractivity contribution in [3.63, 3.8) is 0 Å². The van der Waals surface area contributed by atoms with Crippen LogP contribution in [0.15, 0.2) is 5.38 Å². The molecular weight excluding hydrogens is 230 g/mol. The minimum atomic E-state index is 0.348. The topological polar surface area (TPSA) is 28.2 Å². The van der Waals surface area contributed by atoms with Crippen molar-refractivity contribution in [1.82, 2.24) is 10.3 Å². The van der Waals surface area contributed by atoms with E-state index in [0.29, 0.717) is 12.1 Å². The second-order valence-electron chi connectivity index (χ2n) is 4.62. The lowest BCUT2D eigenvalue weighted by molar-refractivity contribution is 0.584. The first-order valence-electron chi connectivity index (χ1n) is 6.55. The molecule has 0 aliphatic carbocycles. The van der Waals surface area contributed by atoms with Crippen LogP contribution in [-0.4, -0.2) is 24.1 Å². The Hall–Kier alpha value is -0.610. The van der Waals surface area contributed by atoms with Crippen LogP contribution in [0.3, 0.4) is 0 Å². The molecule has 0 fully saturated rings. The lowest BCUT2D eigenvalue weighted by atomic mass is 10.2. The fraction of sp³-hybridized carbons (Fsp3) is 0.769. The van der Waals surface area contributed by atoms with Crippen LogP contribution in [0.4, 0.5) is 5.13 Å². The summed E-state index contributed by atoms with van der Waals surface area (Å²) >= 11 is 1.75. The van der Waals surface area contributed by atoms with Crippen molar-refractivity contribution in [3.05, 3.63) is 11.1 Å². The highest BCUT2D eigenvalue weighted by Gasteiger charge is 2.15. The zero-order valence-electron chi connectivity index (χ0n) is 11.7. The van der Waals surface area contributed by atoms with Crippen molar-refractivity contribution >= 4 is 16.5 Å². The second kappa shape index (κ2) is 6.97. The minimum absolute atomic E-state index is 0.348. The van der Waals surface area contributed by atoms with Gasteiger partial charge in [-0.25, -0.2) is 4.98 Å². The standard InChI is InChI=1S/C13H25N3S/c1-6-8-16(10(3)4)13-15-12(9-17-13)11(5)14-7-2/h9-11,14H,6-8H2,1-5H3. The van der Waals surface area contributed by atoms with Crippen molar-refractivity contribution in [3.8, 4) is 0 Å². The molecule has 1 rings (SSSR count). The molecule has 1 N–H and O–H groups in total. The number of nitrogens with zero attached hydrogens (tertiary/aromatic N) is 2. The number of thiazole rings is 1. The molecule has 3 nitrogen and oxygen atoms in total. The van der Waals surface area contributed by atoms with E-state index in [1.807, 2.05) is 0 Å². The van der Waals surface area contributed by atoms with Crippen LogP contribution in [0.1, 0.15) is 52.8 Å². The van der Waals surface area contributed by atoms with Gasteiger partial charge in [0.25, 0.3) is 0 Å². The van der Waals surface area contributed by atoms with Gasteiger partial charge in [0.2, 0.25) is 0 Å². The van der Waals surface area contributed by atoms with Gasteiger partial charge in [-0.05, 0) is 33.7 Å². The van der Waals surface area contributed by atoms with Gasteiger partial charge < -0.3 is 10.2 Å². The first-order chi connectivity index (χ1) is 8.10. The van der Waals surface area contributed by atoms with Crippen LogP contribution in [0.5, 0.6) is 0 Å². The summed E-state index contributed by atoms with van der Waals surface area (Å²) in [5, 5.41) is 6.73. The zero-order valence-corrected chi connectivity index (χ0v) is 12.5. The third-order valence-electron chi connectivity index (χ3n) is 2.80. The lowest BCUT2D eigenvalue weighted by Crippen LogP contribution is -2.31. The van der Waals surface area contributed by atoms with Crippen molar-refractivity contribution < 1.29 is 0 Å². The number of nitrogens with one attached hydrogen (secondary N) is 1. The summed E-state index contributed by atoms with van der Waals surface area (Å²) in [6, 6.07) is 0.865. The van der Waals surface area contributed by atoms with Gasteiger partial charge in [-0.3, -0.25) is 0 Å². The Morgan fingerprint density at radius 3 is 2.59 bits per heavy atom. The van der Waals surface area contributed by atoms with E-state index in [1.54, 1.807) is 11.3 Å². The molecule has 1 atom stereocenters. The van der Waals surface area contributed by atoms with Crippen LogP contribution < -0.4 is 10.2 Å². The lowest BCUT2D eigenvalue weighted by Gasteiger charge is -2.25. The molecule has 1 aromatic heterocycles. The molecule has 0 saturated carbocycles. The molecule has 17 heavy (non-hydrogen) atoms. The summed E-state index contributed by atoms with van der Waals surface area (Å²) in [7, 11) is 0. The number of anilines is 1. The summed E-state index contributed by atoms with van der Waals surface area (Å²) < 4.78 is 0. The first kappa shape index (κ1) is 14.5. The van der Waals surface area contributed by atoms with E-state index in [0.717, 1.165) is 30.3 Å². The maximum absolute atomic E-state index is 4.75. The molecule has 0 saturated heterocycles. The molecule has 0 aliphatic rings. The Morgan fingerprint density at radius 2 is 2.06 bits per heavy atom. The number of aromatic nitrogens is 1. The Bertz CT molecular complexity index is 322. The Kier molecular flexibility index (Phi) is 5.92. The van der Waals surface area contributed by atoms with Crippen LogP contribution >= 0.6 is 11.3 Å². The number of hydrogen-bond acceptors (Lipinski definition) is 4. The second-order valence-corrected chi connectivity index (χ2v) is 5.46. The van der Waals surface area contributed by atoms with E-state index in [4.69, 9.17) is 4.98 Å². The van der Waals surface area contributed by atoms with Gasteiger partial charge in [0, 0.05) is 24.0 Å². The minimum Gasteiger partial charge on any atom is -0.346 e. The molecule has 1 heterocycles. The highest BCUT2D eigenvalue weighted by atomic mass is 32.1. The smallest absolute Gasteiger partial charge is 0.185 e. The molecule has 98 valence electrons. The SMILES string of the molecule is CCCN(c1nc(C(C)NCC)cs1)C(C)C. The monoisotopic (exact) mass is 255 g/mol. The average molecular weight is 255 g/mol. The molecule has 0 bridgehead atoms. The van der Waals surface area contributed by atoms with Crippen LogP contribution in [0.2, 0.25) is 0 Å². The van der Waals surface area contributed by atoms with Crippen LogP contribution in [0.25, 0.3) is 0 Å². The first-order valence-corrected chi connectivity index (χ1v) is 7.43. The molecule has 0 aromatic carbocycles. The molecule has 4 heteroatoms. The van der Waals surface area contributed by atoms with Gasteiger partial charge in [-0.15, -0.1) is 11.3 Å². The Balaban J connectivity index is 2.77. The molecular formula is C13H25N3S. The Morgan fingerprint density at radius 1 is 1.35 bits per heavy atom. The zero-order chi connectivity index (χ0) is 12.8. The highest BCUT2D eigenvalue weighted by molar-refractivity contribution is 7.13. The fourth-order valence-corrected chi connectivity index (χ4v) is 2.91. The Labute approximate surface area is 109 Å². The maximum atomic E-state index is 4.75. The van der Waals surface area contributed by atoms with Crippen molar-refractivity contribution in [1.29, 1.82) is 0 Å².